The monoisotopic (exact) mass is 522 g/mol. The van der Waals surface area contributed by atoms with Crippen LogP contribution in [0.25, 0.3) is 0 Å². The Morgan fingerprint density at radius 3 is 2.38 bits per heavy atom. The Balaban J connectivity index is 1.78. The van der Waals surface area contributed by atoms with E-state index in [1.807, 2.05) is 0 Å². The van der Waals surface area contributed by atoms with Crippen LogP contribution in [0.15, 0.2) is 76.7 Å². The zero-order valence-electron chi connectivity index (χ0n) is 19.0. The van der Waals surface area contributed by atoms with E-state index < -0.39 is 43.2 Å². The van der Waals surface area contributed by atoms with Crippen molar-refractivity contribution in [3.8, 4) is 0 Å². The number of non-ortho nitro benzene ring substituents is 1. The molecule has 188 valence electrons. The predicted molar refractivity (Wildman–Crippen MR) is 132 cm³/mol. The molecule has 3 aromatic rings. The average molecular weight is 522 g/mol. The minimum atomic E-state index is -4.59. The Kier molecular flexibility index (Phi) is 6.55. The van der Waals surface area contributed by atoms with Crippen LogP contribution in [0.1, 0.15) is 34.3 Å². The molecule has 0 radical (unpaired) electrons. The molecule has 1 atom stereocenters. The molecule has 4 rings (SSSR count). The Hall–Kier alpha value is -4.91. The number of carbonyl (C=O) groups excluding carboxylic acids is 2. The molecule has 0 saturated heterocycles. The lowest BCUT2D eigenvalue weighted by molar-refractivity contribution is -0.385. The molecule has 0 heterocycles. The van der Waals surface area contributed by atoms with Gasteiger partial charge in [0.15, 0.2) is 5.78 Å². The van der Waals surface area contributed by atoms with Gasteiger partial charge in [0.1, 0.15) is 22.3 Å². The van der Waals surface area contributed by atoms with E-state index >= 15 is 0 Å². The van der Waals surface area contributed by atoms with Crippen molar-refractivity contribution in [2.75, 3.05) is 10.1 Å². The molecule has 0 aliphatic heterocycles. The number of hydrogen-bond donors (Lipinski definition) is 3. The van der Waals surface area contributed by atoms with E-state index in [1.54, 1.807) is 24.3 Å². The normalized spacial score (nSPS) is 15.8. The number of Topliss-reactive ketones (excluding diaryl/α,β-unsaturated/α-hetero) is 2. The summed E-state index contributed by atoms with van der Waals surface area (Å²) in [5.41, 5.74) is 1.84. The molecule has 0 fully saturated rings. The smallest absolute Gasteiger partial charge is 0.337 e. The first-order chi connectivity index (χ1) is 17.5. The lowest BCUT2D eigenvalue weighted by Gasteiger charge is -2.13. The zero-order chi connectivity index (χ0) is 26.9. The number of rotatable bonds is 8. The quantitative estimate of drug-likeness (QED) is 0.227. The fraction of sp³-hybridized carbons (Fsp3) is 0.0833. The number of sulfonamides is 1. The van der Waals surface area contributed by atoms with Crippen LogP contribution in [-0.4, -0.2) is 41.7 Å². The van der Waals surface area contributed by atoms with E-state index in [0.717, 1.165) is 18.2 Å². The third-order valence-corrected chi connectivity index (χ3v) is 6.99. The number of ketones is 2. The van der Waals surface area contributed by atoms with E-state index in [2.05, 4.69) is 15.2 Å². The number of hydrogen-bond acceptors (Lipinski definition) is 9. The highest BCUT2D eigenvalue weighted by Crippen LogP contribution is 2.33. The number of nitrogens with one attached hydrogen (secondary N) is 2. The van der Waals surface area contributed by atoms with Crippen molar-refractivity contribution < 1.29 is 32.8 Å². The number of nitro benzene ring substituents is 1. The Bertz CT molecular complexity index is 1610. The van der Waals surface area contributed by atoms with Crippen molar-refractivity contribution in [2.45, 2.75) is 17.7 Å². The first-order valence-corrected chi connectivity index (χ1v) is 12.1. The molecule has 1 unspecified atom stereocenters. The van der Waals surface area contributed by atoms with Gasteiger partial charge in [-0.15, -0.1) is 0 Å². The largest absolute Gasteiger partial charge is 0.478 e. The van der Waals surface area contributed by atoms with E-state index in [0.29, 0.717) is 11.1 Å². The molecule has 0 spiro atoms. The maximum atomic E-state index is 13.2. The third-order valence-electron chi connectivity index (χ3n) is 5.58. The summed E-state index contributed by atoms with van der Waals surface area (Å²) in [6, 6.07) is 14.7. The summed E-state index contributed by atoms with van der Waals surface area (Å²) >= 11 is 0. The topological polar surface area (TPSA) is 185 Å². The lowest BCUT2D eigenvalue weighted by atomic mass is 9.97. The van der Waals surface area contributed by atoms with Crippen LogP contribution in [-0.2, 0) is 19.6 Å². The summed E-state index contributed by atoms with van der Waals surface area (Å²) in [5, 5.41) is 24.8. The van der Waals surface area contributed by atoms with Gasteiger partial charge in [-0.05, 0) is 30.7 Å². The number of nitrogens with zero attached hydrogens (tertiary/aromatic N) is 2. The number of nitro groups is 1. The van der Waals surface area contributed by atoms with Gasteiger partial charge >= 0.3 is 5.97 Å². The average Bonchev–Trinajstić information content (AvgIpc) is 3.13. The summed E-state index contributed by atoms with van der Waals surface area (Å²) in [5.74, 6) is -3.41. The molecule has 0 bridgehead atoms. The SMILES string of the molecule is CC(=O)C1C(=O)C(=NNc2ccc([N+](=O)[O-])cc2S(=O)(=O)Nc2ccccc2C(=O)O)c2ccccc21. The van der Waals surface area contributed by atoms with Crippen LogP contribution in [0.3, 0.4) is 0 Å². The van der Waals surface area contributed by atoms with Gasteiger partial charge in [0.05, 0.1) is 21.9 Å². The number of fused-ring (bicyclic) bond motifs is 1. The van der Waals surface area contributed by atoms with E-state index in [9.17, 15) is 38.0 Å². The standard InChI is InChI=1S/C24H18N4O8S/c1-13(29)21-15-6-2-3-7-16(15)22(23(21)30)26-25-19-11-10-14(28(33)34)12-20(19)37(35,36)27-18-9-5-4-8-17(18)24(31)32/h2-12,21,25,27H,1H3,(H,31,32). The van der Waals surface area contributed by atoms with Crippen LogP contribution in [0, 0.1) is 10.1 Å². The second-order valence-corrected chi connectivity index (χ2v) is 9.61. The molecule has 13 heteroatoms. The van der Waals surface area contributed by atoms with Gasteiger partial charge in [0.25, 0.3) is 15.7 Å². The van der Waals surface area contributed by atoms with E-state index in [4.69, 9.17) is 0 Å². The summed E-state index contributed by atoms with van der Waals surface area (Å²) < 4.78 is 28.6. The highest BCUT2D eigenvalue weighted by molar-refractivity contribution is 7.93. The van der Waals surface area contributed by atoms with Gasteiger partial charge in [0, 0.05) is 17.7 Å². The highest BCUT2D eigenvalue weighted by atomic mass is 32.2. The molecule has 1 aliphatic carbocycles. The second-order valence-electron chi connectivity index (χ2n) is 7.96. The fourth-order valence-electron chi connectivity index (χ4n) is 3.91. The number of anilines is 2. The number of para-hydroxylation sites is 1. The molecule has 1 aliphatic rings. The van der Waals surface area contributed by atoms with Crippen LogP contribution < -0.4 is 10.1 Å². The number of aromatic carboxylic acids is 1. The van der Waals surface area contributed by atoms with Gasteiger partial charge in [0.2, 0.25) is 0 Å². The highest BCUT2D eigenvalue weighted by Gasteiger charge is 2.39. The Morgan fingerprint density at radius 1 is 1.03 bits per heavy atom. The van der Waals surface area contributed by atoms with Gasteiger partial charge < -0.3 is 5.11 Å². The van der Waals surface area contributed by atoms with Gasteiger partial charge in [-0.25, -0.2) is 13.2 Å². The summed E-state index contributed by atoms with van der Waals surface area (Å²) in [6.07, 6.45) is 0. The van der Waals surface area contributed by atoms with Crippen LogP contribution in [0.4, 0.5) is 17.1 Å². The van der Waals surface area contributed by atoms with Crippen LogP contribution in [0.2, 0.25) is 0 Å². The summed E-state index contributed by atoms with van der Waals surface area (Å²) in [7, 11) is -4.59. The van der Waals surface area contributed by atoms with E-state index in [-0.39, 0.29) is 28.4 Å². The molecular weight excluding hydrogens is 504 g/mol. The first kappa shape index (κ1) is 25.2. The van der Waals surface area contributed by atoms with Gasteiger partial charge in [-0.2, -0.15) is 5.10 Å². The van der Waals surface area contributed by atoms with Crippen molar-refractivity contribution in [3.63, 3.8) is 0 Å². The zero-order valence-corrected chi connectivity index (χ0v) is 19.9. The maximum Gasteiger partial charge on any atom is 0.337 e. The third kappa shape index (κ3) is 4.79. The second kappa shape index (κ2) is 9.62. The Morgan fingerprint density at radius 2 is 1.70 bits per heavy atom. The molecule has 12 nitrogen and oxygen atoms in total. The fourth-order valence-corrected chi connectivity index (χ4v) is 5.16. The van der Waals surface area contributed by atoms with Crippen molar-refractivity contribution in [2.24, 2.45) is 5.10 Å². The minimum Gasteiger partial charge on any atom is -0.478 e. The van der Waals surface area contributed by atoms with Crippen molar-refractivity contribution in [3.05, 3.63) is 93.5 Å². The molecule has 0 amide bonds. The van der Waals surface area contributed by atoms with Gasteiger partial charge in [-0.3, -0.25) is 29.9 Å². The van der Waals surface area contributed by atoms with Gasteiger partial charge in [-0.1, -0.05) is 36.4 Å². The molecule has 3 aromatic carbocycles. The molecule has 0 aromatic heterocycles. The molecule has 0 saturated carbocycles. The number of benzene rings is 3. The number of hydrazone groups is 1. The molecule has 37 heavy (non-hydrogen) atoms. The number of carboxylic acid groups (broad SMARTS) is 1. The summed E-state index contributed by atoms with van der Waals surface area (Å²) in [6.45, 7) is 1.28. The predicted octanol–water partition coefficient (Wildman–Crippen LogP) is 3.17. The van der Waals surface area contributed by atoms with Crippen LogP contribution in [0.5, 0.6) is 0 Å². The Labute approximate surface area is 209 Å². The number of carboxylic acids is 1. The summed E-state index contributed by atoms with van der Waals surface area (Å²) in [4.78, 5) is 46.4. The molecule has 3 N–H and O–H groups in total. The molecular formula is C24H18N4O8S. The van der Waals surface area contributed by atoms with Crippen molar-refractivity contribution in [1.82, 2.24) is 0 Å². The first-order valence-electron chi connectivity index (χ1n) is 10.6. The van der Waals surface area contributed by atoms with Crippen molar-refractivity contribution >= 4 is 50.3 Å². The number of carbonyl (C=O) groups is 3. The van der Waals surface area contributed by atoms with E-state index in [1.165, 1.54) is 31.2 Å². The van der Waals surface area contributed by atoms with Crippen LogP contribution >= 0.6 is 0 Å². The lowest BCUT2D eigenvalue weighted by Crippen LogP contribution is -2.20. The maximum absolute atomic E-state index is 13.2. The van der Waals surface area contributed by atoms with Crippen molar-refractivity contribution in [1.29, 1.82) is 0 Å². The minimum absolute atomic E-state index is 0.110.